The molecule has 1 saturated heterocycles. The van der Waals surface area contributed by atoms with Crippen molar-refractivity contribution in [2.75, 3.05) is 18.0 Å². The summed E-state index contributed by atoms with van der Waals surface area (Å²) in [4.78, 5) is 2.26. The zero-order chi connectivity index (χ0) is 11.6. The highest BCUT2D eigenvalue weighted by Crippen LogP contribution is 2.26. The molecule has 0 saturated carbocycles. The van der Waals surface area contributed by atoms with Gasteiger partial charge in [-0.3, -0.25) is 0 Å². The van der Waals surface area contributed by atoms with Gasteiger partial charge in [-0.05, 0) is 50.5 Å². The maximum Gasteiger partial charge on any atom is 0.115 e. The Balaban J connectivity index is 2.08. The maximum absolute atomic E-state index is 10.00. The molecule has 0 aromatic heterocycles. The molecule has 2 N–H and O–H groups in total. The molecule has 0 bridgehead atoms. The first-order valence-corrected chi connectivity index (χ1v) is 5.83. The zero-order valence-electron chi connectivity index (χ0n) is 9.69. The fourth-order valence-corrected chi connectivity index (χ4v) is 2.19. The summed E-state index contributed by atoms with van der Waals surface area (Å²) in [5.74, 6) is 0.297. The van der Waals surface area contributed by atoms with Crippen LogP contribution in [0.25, 0.3) is 0 Å². The van der Waals surface area contributed by atoms with E-state index in [1.165, 1.54) is 0 Å². The Morgan fingerprint density at radius 2 is 1.81 bits per heavy atom. The predicted octanol–water partition coefficient (Wildman–Crippen LogP) is 2.13. The van der Waals surface area contributed by atoms with Gasteiger partial charge in [0, 0.05) is 18.8 Å². The number of aliphatic hydroxyl groups is 1. The van der Waals surface area contributed by atoms with E-state index in [9.17, 15) is 10.2 Å². The molecule has 2 rings (SSSR count). The van der Waals surface area contributed by atoms with Crippen LogP contribution in [-0.2, 0) is 0 Å². The summed E-state index contributed by atoms with van der Waals surface area (Å²) >= 11 is 0. The van der Waals surface area contributed by atoms with Crippen molar-refractivity contribution in [1.82, 2.24) is 0 Å². The van der Waals surface area contributed by atoms with Gasteiger partial charge in [-0.25, -0.2) is 0 Å². The van der Waals surface area contributed by atoms with Crippen molar-refractivity contribution in [2.24, 2.45) is 0 Å². The molecular formula is C13H19NO2. The van der Waals surface area contributed by atoms with E-state index in [-0.39, 0.29) is 0 Å². The zero-order valence-corrected chi connectivity index (χ0v) is 9.69. The van der Waals surface area contributed by atoms with E-state index in [4.69, 9.17) is 0 Å². The number of nitrogens with zero attached hydrogens (tertiary/aromatic N) is 1. The summed E-state index contributed by atoms with van der Waals surface area (Å²) in [5, 5.41) is 19.2. The average molecular weight is 221 g/mol. The van der Waals surface area contributed by atoms with Gasteiger partial charge in [0.1, 0.15) is 5.75 Å². The number of hydrogen-bond acceptors (Lipinski definition) is 3. The summed E-state index contributed by atoms with van der Waals surface area (Å²) < 4.78 is 0. The summed E-state index contributed by atoms with van der Waals surface area (Å²) in [6.45, 7) is 3.76. The van der Waals surface area contributed by atoms with Crippen molar-refractivity contribution in [3.63, 3.8) is 0 Å². The molecule has 1 fully saturated rings. The van der Waals surface area contributed by atoms with Gasteiger partial charge in [-0.2, -0.15) is 0 Å². The molecule has 1 heterocycles. The number of benzene rings is 1. The first kappa shape index (κ1) is 11.3. The largest absolute Gasteiger partial charge is 0.508 e. The Labute approximate surface area is 96.3 Å². The van der Waals surface area contributed by atoms with Gasteiger partial charge < -0.3 is 15.1 Å². The van der Waals surface area contributed by atoms with Crippen LogP contribution < -0.4 is 4.90 Å². The number of phenolic OH excluding ortho intramolecular Hbond substituents is 1. The minimum absolute atomic E-state index is 0.297. The van der Waals surface area contributed by atoms with Crippen molar-refractivity contribution in [2.45, 2.75) is 31.8 Å². The number of anilines is 1. The molecule has 0 radical (unpaired) electrons. The topological polar surface area (TPSA) is 43.7 Å². The molecule has 3 nitrogen and oxygen atoms in total. The first-order chi connectivity index (χ1) is 7.57. The number of phenols is 1. The fourth-order valence-electron chi connectivity index (χ4n) is 2.19. The summed E-state index contributed by atoms with van der Waals surface area (Å²) in [6, 6.07) is 7.27. The molecule has 1 aromatic rings. The molecule has 3 heteroatoms. The van der Waals surface area contributed by atoms with E-state index in [0.717, 1.165) is 38.0 Å². The standard InChI is InChI=1S/C13H19NO2/c1-13(16)7-2-9-14(10-8-13)11-3-5-12(15)6-4-11/h3-6,15-16H,2,7-10H2,1H3. The lowest BCUT2D eigenvalue weighted by molar-refractivity contribution is 0.0481. The lowest BCUT2D eigenvalue weighted by atomic mass is 9.98. The monoisotopic (exact) mass is 221 g/mol. The number of rotatable bonds is 1. The van der Waals surface area contributed by atoms with Crippen LogP contribution in [0.4, 0.5) is 5.69 Å². The second-order valence-corrected chi connectivity index (χ2v) is 4.85. The Kier molecular flexibility index (Phi) is 3.06. The highest BCUT2D eigenvalue weighted by atomic mass is 16.3. The van der Waals surface area contributed by atoms with Gasteiger partial charge in [-0.15, -0.1) is 0 Å². The molecule has 1 unspecified atom stereocenters. The lowest BCUT2D eigenvalue weighted by Gasteiger charge is -2.24. The van der Waals surface area contributed by atoms with Gasteiger partial charge in [0.05, 0.1) is 5.60 Å². The molecule has 1 atom stereocenters. The van der Waals surface area contributed by atoms with Crippen molar-refractivity contribution in [3.05, 3.63) is 24.3 Å². The van der Waals surface area contributed by atoms with Crippen LogP contribution in [0.15, 0.2) is 24.3 Å². The normalized spacial score (nSPS) is 26.5. The molecule has 88 valence electrons. The molecule has 0 amide bonds. The second-order valence-electron chi connectivity index (χ2n) is 4.85. The lowest BCUT2D eigenvalue weighted by Crippen LogP contribution is -2.28. The van der Waals surface area contributed by atoms with Crippen LogP contribution in [0.3, 0.4) is 0 Å². The number of hydrogen-bond donors (Lipinski definition) is 2. The first-order valence-electron chi connectivity index (χ1n) is 5.83. The Bertz CT molecular complexity index is 345. The molecule has 0 aliphatic carbocycles. The molecule has 16 heavy (non-hydrogen) atoms. The minimum Gasteiger partial charge on any atom is -0.508 e. The summed E-state index contributed by atoms with van der Waals surface area (Å²) in [6.07, 6.45) is 2.67. The van der Waals surface area contributed by atoms with Crippen LogP contribution in [0.5, 0.6) is 5.75 Å². The summed E-state index contributed by atoms with van der Waals surface area (Å²) in [7, 11) is 0. The molecule has 0 spiro atoms. The highest BCUT2D eigenvalue weighted by molar-refractivity contribution is 5.48. The minimum atomic E-state index is -0.522. The van der Waals surface area contributed by atoms with E-state index >= 15 is 0 Å². The van der Waals surface area contributed by atoms with E-state index in [2.05, 4.69) is 4.90 Å². The van der Waals surface area contributed by atoms with Gasteiger partial charge in [0.2, 0.25) is 0 Å². The molecule has 1 aliphatic rings. The SMILES string of the molecule is CC1(O)CCCN(c2ccc(O)cc2)CC1. The van der Waals surface area contributed by atoms with Crippen molar-refractivity contribution in [3.8, 4) is 5.75 Å². The third kappa shape index (κ3) is 2.67. The molecular weight excluding hydrogens is 202 g/mol. The van der Waals surface area contributed by atoms with Gasteiger partial charge in [0.25, 0.3) is 0 Å². The smallest absolute Gasteiger partial charge is 0.115 e. The molecule has 1 aliphatic heterocycles. The van der Waals surface area contributed by atoms with Crippen LogP contribution >= 0.6 is 0 Å². The van der Waals surface area contributed by atoms with Crippen LogP contribution in [0.2, 0.25) is 0 Å². The third-order valence-electron chi connectivity index (χ3n) is 3.28. The Morgan fingerprint density at radius 3 is 2.50 bits per heavy atom. The van der Waals surface area contributed by atoms with Crippen molar-refractivity contribution >= 4 is 5.69 Å². The average Bonchev–Trinajstić information content (AvgIpc) is 2.41. The quantitative estimate of drug-likeness (QED) is 0.763. The van der Waals surface area contributed by atoms with E-state index in [0.29, 0.717) is 5.75 Å². The number of aromatic hydroxyl groups is 1. The van der Waals surface area contributed by atoms with Crippen molar-refractivity contribution in [1.29, 1.82) is 0 Å². The van der Waals surface area contributed by atoms with Crippen molar-refractivity contribution < 1.29 is 10.2 Å². The summed E-state index contributed by atoms with van der Waals surface area (Å²) in [5.41, 5.74) is 0.599. The molecule has 1 aromatic carbocycles. The van der Waals surface area contributed by atoms with Crippen LogP contribution in [-0.4, -0.2) is 28.9 Å². The third-order valence-corrected chi connectivity index (χ3v) is 3.28. The van der Waals surface area contributed by atoms with Crippen LogP contribution in [0, 0.1) is 0 Å². The second kappa shape index (κ2) is 4.34. The van der Waals surface area contributed by atoms with Gasteiger partial charge in [0.15, 0.2) is 0 Å². The Hall–Kier alpha value is -1.22. The Morgan fingerprint density at radius 1 is 1.12 bits per heavy atom. The van der Waals surface area contributed by atoms with E-state index in [1.54, 1.807) is 12.1 Å². The van der Waals surface area contributed by atoms with E-state index < -0.39 is 5.60 Å². The van der Waals surface area contributed by atoms with Crippen LogP contribution in [0.1, 0.15) is 26.2 Å². The fraction of sp³-hybridized carbons (Fsp3) is 0.538. The van der Waals surface area contributed by atoms with Gasteiger partial charge >= 0.3 is 0 Å². The maximum atomic E-state index is 10.00. The van der Waals surface area contributed by atoms with E-state index in [1.807, 2.05) is 19.1 Å². The van der Waals surface area contributed by atoms with Gasteiger partial charge in [-0.1, -0.05) is 0 Å². The highest BCUT2D eigenvalue weighted by Gasteiger charge is 2.24. The predicted molar refractivity (Wildman–Crippen MR) is 64.8 cm³/mol.